The molecular weight excluding hydrogens is 284 g/mol. The van der Waals surface area contributed by atoms with Gasteiger partial charge in [-0.1, -0.05) is 30.3 Å². The van der Waals surface area contributed by atoms with Crippen LogP contribution in [0.15, 0.2) is 48.9 Å². The minimum absolute atomic E-state index is 0.719. The van der Waals surface area contributed by atoms with Gasteiger partial charge in [0.2, 0.25) is 0 Å². The predicted molar refractivity (Wildman–Crippen MR) is 92.2 cm³/mol. The molecule has 2 aliphatic rings. The number of benzene rings is 1. The number of aromatic nitrogens is 2. The molecule has 1 aromatic carbocycles. The molecule has 4 heteroatoms. The lowest BCUT2D eigenvalue weighted by molar-refractivity contribution is 0.0700. The summed E-state index contributed by atoms with van der Waals surface area (Å²) in [5.41, 5.74) is 1.43. The normalized spacial score (nSPS) is 25.1. The number of hydrogen-bond donors (Lipinski definition) is 0. The molecule has 0 spiro atoms. The minimum Gasteiger partial charge on any atom is -0.355 e. The summed E-state index contributed by atoms with van der Waals surface area (Å²) in [5, 5.41) is 0. The first-order valence-electron chi connectivity index (χ1n) is 8.69. The number of nitrogens with zero attached hydrogens (tertiary/aromatic N) is 4. The maximum absolute atomic E-state index is 4.48. The number of hydrogen-bond acceptors (Lipinski definition) is 4. The highest BCUT2D eigenvalue weighted by molar-refractivity contribution is 5.36. The van der Waals surface area contributed by atoms with E-state index in [0.29, 0.717) is 0 Å². The molecule has 0 N–H and O–H groups in total. The van der Waals surface area contributed by atoms with E-state index in [1.54, 1.807) is 12.4 Å². The lowest BCUT2D eigenvalue weighted by atomic mass is 9.83. The molecule has 120 valence electrons. The quantitative estimate of drug-likeness (QED) is 0.872. The van der Waals surface area contributed by atoms with Gasteiger partial charge >= 0.3 is 0 Å². The Morgan fingerprint density at radius 3 is 2.78 bits per heavy atom. The van der Waals surface area contributed by atoms with Gasteiger partial charge in [0.15, 0.2) is 0 Å². The fourth-order valence-corrected chi connectivity index (χ4v) is 4.18. The largest absolute Gasteiger partial charge is 0.355 e. The number of fused-ring (bicyclic) bond motifs is 1. The maximum atomic E-state index is 4.48. The van der Waals surface area contributed by atoms with E-state index < -0.39 is 0 Å². The Bertz CT molecular complexity index is 616. The van der Waals surface area contributed by atoms with E-state index >= 15 is 0 Å². The van der Waals surface area contributed by atoms with Crippen molar-refractivity contribution in [3.05, 3.63) is 54.5 Å². The van der Waals surface area contributed by atoms with Crippen LogP contribution in [0.5, 0.6) is 0 Å². The van der Waals surface area contributed by atoms with Crippen LogP contribution in [0.4, 0.5) is 5.82 Å². The Hall–Kier alpha value is -1.94. The van der Waals surface area contributed by atoms with Gasteiger partial charge in [0, 0.05) is 38.1 Å². The van der Waals surface area contributed by atoms with Crippen molar-refractivity contribution in [2.24, 2.45) is 5.92 Å². The van der Waals surface area contributed by atoms with E-state index in [0.717, 1.165) is 37.4 Å². The van der Waals surface area contributed by atoms with E-state index in [1.165, 1.54) is 31.4 Å². The summed E-state index contributed by atoms with van der Waals surface area (Å²) in [7, 11) is 0. The summed E-state index contributed by atoms with van der Waals surface area (Å²) in [4.78, 5) is 13.8. The van der Waals surface area contributed by atoms with Crippen LogP contribution in [-0.2, 0) is 6.54 Å². The molecule has 1 aromatic heterocycles. The molecule has 0 radical (unpaired) electrons. The van der Waals surface area contributed by atoms with Crippen molar-refractivity contribution < 1.29 is 0 Å². The van der Waals surface area contributed by atoms with E-state index in [4.69, 9.17) is 0 Å². The molecule has 2 aliphatic heterocycles. The first-order chi connectivity index (χ1) is 11.4. The standard InChI is InChI=1S/C19H24N4/c1-2-5-16(6-3-1)14-22-11-4-7-17-15-23(12-8-18(17)22)19-13-20-9-10-21-19/h1-3,5-6,9-10,13,17-18H,4,7-8,11-12,14-15H2/t17-,18+/m0/s1. The van der Waals surface area contributed by atoms with Gasteiger partial charge in [0.25, 0.3) is 0 Å². The van der Waals surface area contributed by atoms with Crippen molar-refractivity contribution in [1.82, 2.24) is 14.9 Å². The number of anilines is 1. The average molecular weight is 308 g/mol. The first kappa shape index (κ1) is 14.6. The fourth-order valence-electron chi connectivity index (χ4n) is 4.18. The van der Waals surface area contributed by atoms with E-state index in [9.17, 15) is 0 Å². The van der Waals surface area contributed by atoms with Gasteiger partial charge in [-0.25, -0.2) is 4.98 Å². The smallest absolute Gasteiger partial charge is 0.147 e. The second-order valence-electron chi connectivity index (χ2n) is 6.72. The summed E-state index contributed by atoms with van der Waals surface area (Å²) in [5.74, 6) is 1.79. The van der Waals surface area contributed by atoms with Crippen molar-refractivity contribution in [2.75, 3.05) is 24.5 Å². The lowest BCUT2D eigenvalue weighted by Gasteiger charge is -2.47. The summed E-state index contributed by atoms with van der Waals surface area (Å²) < 4.78 is 0. The van der Waals surface area contributed by atoms with Crippen LogP contribution in [0.3, 0.4) is 0 Å². The summed E-state index contributed by atoms with van der Waals surface area (Å²) in [6.07, 6.45) is 9.32. The monoisotopic (exact) mass is 308 g/mol. The molecule has 2 aromatic rings. The molecular formula is C19H24N4. The summed E-state index contributed by atoms with van der Waals surface area (Å²) in [6.45, 7) is 4.54. The van der Waals surface area contributed by atoms with Crippen LogP contribution < -0.4 is 4.90 Å². The van der Waals surface area contributed by atoms with E-state index in [-0.39, 0.29) is 0 Å². The zero-order valence-electron chi connectivity index (χ0n) is 13.5. The molecule has 0 unspecified atom stereocenters. The van der Waals surface area contributed by atoms with Gasteiger partial charge in [-0.05, 0) is 37.3 Å². The van der Waals surface area contributed by atoms with E-state index in [2.05, 4.69) is 50.1 Å². The van der Waals surface area contributed by atoms with E-state index in [1.807, 2.05) is 6.20 Å². The third-order valence-corrected chi connectivity index (χ3v) is 5.29. The Morgan fingerprint density at radius 2 is 1.96 bits per heavy atom. The van der Waals surface area contributed by atoms with Gasteiger partial charge < -0.3 is 4.90 Å². The van der Waals surface area contributed by atoms with Gasteiger partial charge in [-0.15, -0.1) is 0 Å². The molecule has 2 saturated heterocycles. The highest BCUT2D eigenvalue weighted by Gasteiger charge is 2.36. The number of rotatable bonds is 3. The molecule has 0 bridgehead atoms. The minimum atomic E-state index is 0.719. The zero-order chi connectivity index (χ0) is 15.5. The zero-order valence-corrected chi connectivity index (χ0v) is 13.5. The van der Waals surface area contributed by atoms with Crippen molar-refractivity contribution in [3.8, 4) is 0 Å². The molecule has 0 amide bonds. The molecule has 0 saturated carbocycles. The molecule has 4 nitrogen and oxygen atoms in total. The lowest BCUT2D eigenvalue weighted by Crippen LogP contribution is -2.53. The van der Waals surface area contributed by atoms with Crippen LogP contribution in [-0.4, -0.2) is 40.5 Å². The average Bonchev–Trinajstić information content (AvgIpc) is 2.63. The van der Waals surface area contributed by atoms with Gasteiger partial charge in [0.1, 0.15) is 5.82 Å². The van der Waals surface area contributed by atoms with Crippen molar-refractivity contribution in [3.63, 3.8) is 0 Å². The van der Waals surface area contributed by atoms with Crippen molar-refractivity contribution in [2.45, 2.75) is 31.8 Å². The third-order valence-electron chi connectivity index (χ3n) is 5.29. The highest BCUT2D eigenvalue weighted by Crippen LogP contribution is 2.32. The maximum Gasteiger partial charge on any atom is 0.147 e. The number of likely N-dealkylation sites (tertiary alicyclic amines) is 1. The second-order valence-corrected chi connectivity index (χ2v) is 6.72. The van der Waals surface area contributed by atoms with Crippen molar-refractivity contribution in [1.29, 1.82) is 0 Å². The summed E-state index contributed by atoms with van der Waals surface area (Å²) >= 11 is 0. The Balaban J connectivity index is 1.44. The Kier molecular flexibility index (Phi) is 4.24. The summed E-state index contributed by atoms with van der Waals surface area (Å²) in [6, 6.07) is 11.6. The molecule has 0 aliphatic carbocycles. The molecule has 2 atom stereocenters. The Labute approximate surface area is 138 Å². The van der Waals surface area contributed by atoms with Gasteiger partial charge in [-0.2, -0.15) is 0 Å². The predicted octanol–water partition coefficient (Wildman–Crippen LogP) is 2.97. The molecule has 4 rings (SSSR count). The van der Waals surface area contributed by atoms with Crippen molar-refractivity contribution >= 4 is 5.82 Å². The molecule has 3 heterocycles. The number of piperidine rings is 2. The molecule has 23 heavy (non-hydrogen) atoms. The van der Waals surface area contributed by atoms with Crippen LogP contribution >= 0.6 is 0 Å². The fraction of sp³-hybridized carbons (Fsp3) is 0.474. The topological polar surface area (TPSA) is 32.3 Å². The van der Waals surface area contributed by atoms with Crippen LogP contribution in [0, 0.1) is 5.92 Å². The van der Waals surface area contributed by atoms with Gasteiger partial charge in [-0.3, -0.25) is 9.88 Å². The third kappa shape index (κ3) is 3.22. The van der Waals surface area contributed by atoms with Crippen LogP contribution in [0.2, 0.25) is 0 Å². The van der Waals surface area contributed by atoms with Crippen LogP contribution in [0.1, 0.15) is 24.8 Å². The second kappa shape index (κ2) is 6.67. The Morgan fingerprint density at radius 1 is 1.04 bits per heavy atom. The first-order valence-corrected chi connectivity index (χ1v) is 8.69. The van der Waals surface area contributed by atoms with Crippen LogP contribution in [0.25, 0.3) is 0 Å². The van der Waals surface area contributed by atoms with Gasteiger partial charge in [0.05, 0.1) is 6.20 Å². The molecule has 2 fully saturated rings. The SMILES string of the molecule is c1ccc(CN2CCC[C@H]3CN(c4cnccn4)CC[C@H]32)cc1. The highest BCUT2D eigenvalue weighted by atomic mass is 15.2.